The molecule has 2 heteroatoms. The van der Waals surface area contributed by atoms with Crippen molar-refractivity contribution in [3.05, 3.63) is 29.5 Å². The number of hydrogen-bond acceptors (Lipinski definition) is 2. The Bertz CT molecular complexity index is 466. The van der Waals surface area contributed by atoms with Crippen LogP contribution in [0.15, 0.2) is 22.8 Å². The lowest BCUT2D eigenvalue weighted by Gasteiger charge is -2.06. The van der Waals surface area contributed by atoms with Crippen LogP contribution in [0.25, 0.3) is 11.0 Å². The minimum absolute atomic E-state index is 0.236. The Morgan fingerprint density at radius 2 is 2.00 bits per heavy atom. The van der Waals surface area contributed by atoms with Gasteiger partial charge in [-0.05, 0) is 24.0 Å². The summed E-state index contributed by atoms with van der Waals surface area (Å²) in [7, 11) is 0. The third-order valence-corrected chi connectivity index (χ3v) is 2.56. The van der Waals surface area contributed by atoms with E-state index in [1.165, 1.54) is 6.26 Å². The molecule has 1 aromatic carbocycles. The van der Waals surface area contributed by atoms with E-state index in [2.05, 4.69) is 19.9 Å². The molecule has 1 heterocycles. The predicted octanol–water partition coefficient (Wildman–Crippen LogP) is 3.57. The standard InChI is InChI=1S/C12H14O2/c1-7(2)9-5-4-8(3)11-10(13)6-14-12(9)11/h4-7,13H,1-3H3. The molecule has 0 atom stereocenters. The summed E-state index contributed by atoms with van der Waals surface area (Å²) in [5.74, 6) is 0.642. The van der Waals surface area contributed by atoms with E-state index in [9.17, 15) is 5.11 Å². The lowest BCUT2D eigenvalue weighted by Crippen LogP contribution is -1.88. The average molecular weight is 190 g/mol. The number of aryl methyl sites for hydroxylation is 1. The number of aromatic hydroxyl groups is 1. The summed E-state index contributed by atoms with van der Waals surface area (Å²) in [5, 5.41) is 10.4. The van der Waals surface area contributed by atoms with Gasteiger partial charge in [-0.25, -0.2) is 0 Å². The van der Waals surface area contributed by atoms with Gasteiger partial charge in [0.2, 0.25) is 0 Å². The summed E-state index contributed by atoms with van der Waals surface area (Å²) in [6.45, 7) is 6.20. The largest absolute Gasteiger partial charge is 0.504 e. The predicted molar refractivity (Wildman–Crippen MR) is 56.7 cm³/mol. The van der Waals surface area contributed by atoms with Gasteiger partial charge in [-0.15, -0.1) is 0 Å². The van der Waals surface area contributed by atoms with Crippen LogP contribution in [0.2, 0.25) is 0 Å². The summed E-state index contributed by atoms with van der Waals surface area (Å²) in [4.78, 5) is 0. The molecule has 0 radical (unpaired) electrons. The lowest BCUT2D eigenvalue weighted by molar-refractivity contribution is 0.464. The Balaban J connectivity index is 2.83. The summed E-state index contributed by atoms with van der Waals surface area (Å²) in [6.07, 6.45) is 1.41. The fourth-order valence-corrected chi connectivity index (χ4v) is 1.77. The highest BCUT2D eigenvalue weighted by Crippen LogP contribution is 2.34. The number of benzene rings is 1. The van der Waals surface area contributed by atoms with Crippen LogP contribution in [0.4, 0.5) is 0 Å². The first kappa shape index (κ1) is 9.13. The first-order valence-electron chi connectivity index (χ1n) is 4.81. The molecule has 14 heavy (non-hydrogen) atoms. The third-order valence-electron chi connectivity index (χ3n) is 2.56. The average Bonchev–Trinajstić information content (AvgIpc) is 2.49. The van der Waals surface area contributed by atoms with Gasteiger partial charge in [-0.3, -0.25) is 0 Å². The minimum atomic E-state index is 0.236. The highest BCUT2D eigenvalue weighted by molar-refractivity contribution is 5.89. The van der Waals surface area contributed by atoms with E-state index >= 15 is 0 Å². The molecule has 0 amide bonds. The van der Waals surface area contributed by atoms with Crippen LogP contribution in [0, 0.1) is 6.92 Å². The van der Waals surface area contributed by atoms with E-state index < -0.39 is 0 Å². The summed E-state index contributed by atoms with van der Waals surface area (Å²) in [6, 6.07) is 4.08. The first-order valence-corrected chi connectivity index (χ1v) is 4.81. The zero-order valence-electron chi connectivity index (χ0n) is 8.66. The summed E-state index contributed by atoms with van der Waals surface area (Å²) < 4.78 is 5.37. The molecule has 0 aliphatic carbocycles. The van der Waals surface area contributed by atoms with Gasteiger partial charge in [-0.2, -0.15) is 0 Å². The van der Waals surface area contributed by atoms with E-state index in [-0.39, 0.29) is 5.75 Å². The van der Waals surface area contributed by atoms with Gasteiger partial charge in [0.1, 0.15) is 11.8 Å². The lowest BCUT2D eigenvalue weighted by atomic mass is 9.99. The van der Waals surface area contributed by atoms with Crippen LogP contribution < -0.4 is 0 Å². The molecule has 1 N–H and O–H groups in total. The fraction of sp³-hybridized carbons (Fsp3) is 0.333. The second kappa shape index (κ2) is 3.05. The van der Waals surface area contributed by atoms with Gasteiger partial charge in [0.15, 0.2) is 5.75 Å². The Hall–Kier alpha value is -1.44. The SMILES string of the molecule is Cc1ccc(C(C)C)c2occ(O)c12. The van der Waals surface area contributed by atoms with Gasteiger partial charge < -0.3 is 9.52 Å². The van der Waals surface area contributed by atoms with Crippen molar-refractivity contribution in [2.45, 2.75) is 26.7 Å². The van der Waals surface area contributed by atoms with Crippen LogP contribution >= 0.6 is 0 Å². The number of hydrogen-bond donors (Lipinski definition) is 1. The van der Waals surface area contributed by atoms with E-state index in [1.54, 1.807) is 0 Å². The van der Waals surface area contributed by atoms with E-state index in [4.69, 9.17) is 4.42 Å². The van der Waals surface area contributed by atoms with Gasteiger partial charge in [0.25, 0.3) is 0 Å². The second-order valence-electron chi connectivity index (χ2n) is 3.95. The Morgan fingerprint density at radius 1 is 1.29 bits per heavy atom. The van der Waals surface area contributed by atoms with Crippen LogP contribution in [0.1, 0.15) is 30.9 Å². The monoisotopic (exact) mass is 190 g/mol. The van der Waals surface area contributed by atoms with Crippen molar-refractivity contribution >= 4 is 11.0 Å². The van der Waals surface area contributed by atoms with Crippen molar-refractivity contribution in [3.8, 4) is 5.75 Å². The topological polar surface area (TPSA) is 33.4 Å². The van der Waals surface area contributed by atoms with Gasteiger partial charge in [-0.1, -0.05) is 26.0 Å². The molecule has 2 aromatic rings. The molecule has 2 nitrogen and oxygen atoms in total. The molecular formula is C12H14O2. The molecule has 0 fully saturated rings. The molecule has 0 spiro atoms. The van der Waals surface area contributed by atoms with Crippen molar-refractivity contribution in [3.63, 3.8) is 0 Å². The van der Waals surface area contributed by atoms with Crippen molar-refractivity contribution in [1.29, 1.82) is 0 Å². The van der Waals surface area contributed by atoms with Crippen LogP contribution in [-0.4, -0.2) is 5.11 Å². The van der Waals surface area contributed by atoms with Crippen LogP contribution in [0.3, 0.4) is 0 Å². The Kier molecular flexibility index (Phi) is 1.99. The van der Waals surface area contributed by atoms with Crippen LogP contribution in [-0.2, 0) is 0 Å². The van der Waals surface area contributed by atoms with E-state index in [0.29, 0.717) is 5.92 Å². The maximum absolute atomic E-state index is 9.60. The molecule has 1 aromatic heterocycles. The Morgan fingerprint density at radius 3 is 2.64 bits per heavy atom. The summed E-state index contributed by atoms with van der Waals surface area (Å²) >= 11 is 0. The van der Waals surface area contributed by atoms with E-state index in [0.717, 1.165) is 22.1 Å². The molecule has 2 rings (SSSR count). The smallest absolute Gasteiger partial charge is 0.162 e. The number of rotatable bonds is 1. The normalized spacial score (nSPS) is 11.4. The summed E-state index contributed by atoms with van der Waals surface area (Å²) in [5.41, 5.74) is 3.01. The fourth-order valence-electron chi connectivity index (χ4n) is 1.77. The first-order chi connectivity index (χ1) is 6.61. The third kappa shape index (κ3) is 1.18. The maximum atomic E-state index is 9.60. The molecule has 0 aliphatic heterocycles. The molecule has 0 unspecified atom stereocenters. The zero-order chi connectivity index (χ0) is 10.3. The molecule has 74 valence electrons. The molecule has 0 saturated heterocycles. The Labute approximate surface area is 83.2 Å². The van der Waals surface area contributed by atoms with Gasteiger partial charge in [0.05, 0.1) is 5.39 Å². The molecule has 0 saturated carbocycles. The highest BCUT2D eigenvalue weighted by atomic mass is 16.4. The van der Waals surface area contributed by atoms with Crippen molar-refractivity contribution < 1.29 is 9.52 Å². The second-order valence-corrected chi connectivity index (χ2v) is 3.95. The number of furan rings is 1. The molecule has 0 bridgehead atoms. The molecule has 0 aliphatic rings. The van der Waals surface area contributed by atoms with Crippen molar-refractivity contribution in [2.24, 2.45) is 0 Å². The quantitative estimate of drug-likeness (QED) is 0.745. The molecular weight excluding hydrogens is 176 g/mol. The maximum Gasteiger partial charge on any atom is 0.162 e. The van der Waals surface area contributed by atoms with Crippen LogP contribution in [0.5, 0.6) is 5.75 Å². The highest BCUT2D eigenvalue weighted by Gasteiger charge is 2.13. The minimum Gasteiger partial charge on any atom is -0.504 e. The zero-order valence-corrected chi connectivity index (χ0v) is 8.66. The van der Waals surface area contributed by atoms with Crippen molar-refractivity contribution in [1.82, 2.24) is 0 Å². The number of fused-ring (bicyclic) bond motifs is 1. The van der Waals surface area contributed by atoms with Gasteiger partial charge >= 0.3 is 0 Å². The van der Waals surface area contributed by atoms with Crippen molar-refractivity contribution in [2.75, 3.05) is 0 Å². The van der Waals surface area contributed by atoms with Gasteiger partial charge in [0, 0.05) is 0 Å². The van der Waals surface area contributed by atoms with E-state index in [1.807, 2.05) is 13.0 Å².